The van der Waals surface area contributed by atoms with Crippen LogP contribution in [0.4, 0.5) is 5.82 Å². The molecular weight excluding hydrogens is 254 g/mol. The van der Waals surface area contributed by atoms with Gasteiger partial charge in [0.05, 0.1) is 11.7 Å². The number of rotatable bonds is 7. The van der Waals surface area contributed by atoms with E-state index < -0.39 is 0 Å². The molecule has 1 aliphatic rings. The number of amides is 1. The molecule has 0 aliphatic carbocycles. The fourth-order valence-electron chi connectivity index (χ4n) is 2.45. The van der Waals surface area contributed by atoms with Crippen molar-refractivity contribution in [1.29, 1.82) is 0 Å². The summed E-state index contributed by atoms with van der Waals surface area (Å²) in [6.45, 7) is 1.61. The monoisotopic (exact) mass is 277 g/mol. The quantitative estimate of drug-likeness (QED) is 0.750. The Balaban J connectivity index is 1.67. The van der Waals surface area contributed by atoms with E-state index in [-0.39, 0.29) is 5.91 Å². The summed E-state index contributed by atoms with van der Waals surface area (Å²) in [5, 5.41) is 5.87. The number of unbranched alkanes of at least 4 members (excludes halogenated alkanes) is 1. The fourth-order valence-corrected chi connectivity index (χ4v) is 2.45. The molecule has 1 aromatic heterocycles. The second-order valence-electron chi connectivity index (χ2n) is 5.04. The molecule has 5 nitrogen and oxygen atoms in total. The van der Waals surface area contributed by atoms with E-state index in [2.05, 4.69) is 15.6 Å². The van der Waals surface area contributed by atoms with Gasteiger partial charge in [-0.2, -0.15) is 0 Å². The first-order chi connectivity index (χ1) is 9.81. The molecule has 0 radical (unpaired) electrons. The van der Waals surface area contributed by atoms with Gasteiger partial charge in [-0.15, -0.1) is 0 Å². The predicted molar refractivity (Wildman–Crippen MR) is 78.9 cm³/mol. The maximum absolute atomic E-state index is 12.0. The Kier molecular flexibility index (Phi) is 5.80. The lowest BCUT2D eigenvalue weighted by molar-refractivity contribution is 0.0947. The van der Waals surface area contributed by atoms with Crippen molar-refractivity contribution >= 4 is 11.7 Å². The molecule has 1 fully saturated rings. The van der Waals surface area contributed by atoms with Crippen LogP contribution in [-0.4, -0.2) is 37.2 Å². The molecule has 1 aromatic rings. The number of pyridine rings is 1. The number of carbonyl (C=O) groups is 1. The second kappa shape index (κ2) is 7.85. The van der Waals surface area contributed by atoms with E-state index in [0.29, 0.717) is 24.0 Å². The summed E-state index contributed by atoms with van der Waals surface area (Å²) in [6.07, 6.45) is 7.68. The normalized spacial score (nSPS) is 17.9. The van der Waals surface area contributed by atoms with Gasteiger partial charge in [0.15, 0.2) is 0 Å². The molecule has 2 heterocycles. The highest BCUT2D eigenvalue weighted by Crippen LogP contribution is 2.17. The third kappa shape index (κ3) is 4.20. The number of anilines is 1. The van der Waals surface area contributed by atoms with Gasteiger partial charge in [0.2, 0.25) is 0 Å². The third-order valence-electron chi connectivity index (χ3n) is 3.55. The molecule has 1 aliphatic heterocycles. The molecule has 110 valence electrons. The lowest BCUT2D eigenvalue weighted by Gasteiger charge is -2.10. The van der Waals surface area contributed by atoms with Crippen molar-refractivity contribution in [2.45, 2.75) is 38.2 Å². The molecule has 1 amide bonds. The molecule has 2 N–H and O–H groups in total. The van der Waals surface area contributed by atoms with Crippen LogP contribution in [0.2, 0.25) is 0 Å². The molecule has 1 unspecified atom stereocenters. The number of ether oxygens (including phenoxy) is 1. The van der Waals surface area contributed by atoms with Crippen LogP contribution < -0.4 is 10.6 Å². The zero-order chi connectivity index (χ0) is 14.2. The average Bonchev–Trinajstić information content (AvgIpc) is 3.00. The summed E-state index contributed by atoms with van der Waals surface area (Å²) in [5.74, 6) is 0.545. The highest BCUT2D eigenvalue weighted by Gasteiger charge is 2.14. The van der Waals surface area contributed by atoms with E-state index in [4.69, 9.17) is 4.74 Å². The Morgan fingerprint density at radius 3 is 3.15 bits per heavy atom. The summed E-state index contributed by atoms with van der Waals surface area (Å²) in [4.78, 5) is 16.2. The standard InChI is InChI=1S/C15H23N3O2/c1-16-14-13(8-4-10-17-14)15(19)18-9-3-2-6-12-7-5-11-20-12/h4,8,10,12H,2-3,5-7,9,11H2,1H3,(H,16,17)(H,18,19). The number of carbonyl (C=O) groups excluding carboxylic acids is 1. The molecule has 2 rings (SSSR count). The molecule has 0 aromatic carbocycles. The minimum Gasteiger partial charge on any atom is -0.378 e. The van der Waals surface area contributed by atoms with Crippen molar-refractivity contribution < 1.29 is 9.53 Å². The zero-order valence-electron chi connectivity index (χ0n) is 12.0. The van der Waals surface area contributed by atoms with Gasteiger partial charge in [0, 0.05) is 26.4 Å². The Labute approximate surface area is 120 Å². The summed E-state index contributed by atoms with van der Waals surface area (Å²) in [5.41, 5.74) is 0.592. The molecule has 5 heteroatoms. The van der Waals surface area contributed by atoms with Gasteiger partial charge in [-0.25, -0.2) is 4.98 Å². The van der Waals surface area contributed by atoms with Gasteiger partial charge < -0.3 is 15.4 Å². The lowest BCUT2D eigenvalue weighted by atomic mass is 10.1. The zero-order valence-corrected chi connectivity index (χ0v) is 12.0. The summed E-state index contributed by atoms with van der Waals surface area (Å²) >= 11 is 0. The van der Waals surface area contributed by atoms with E-state index in [1.165, 1.54) is 12.8 Å². The van der Waals surface area contributed by atoms with Crippen LogP contribution in [0.25, 0.3) is 0 Å². The first-order valence-electron chi connectivity index (χ1n) is 7.34. The van der Waals surface area contributed by atoms with E-state index >= 15 is 0 Å². The Morgan fingerprint density at radius 2 is 2.40 bits per heavy atom. The first kappa shape index (κ1) is 14.8. The Hall–Kier alpha value is -1.62. The predicted octanol–water partition coefficient (Wildman–Crippen LogP) is 2.20. The third-order valence-corrected chi connectivity index (χ3v) is 3.55. The van der Waals surface area contributed by atoms with Crippen LogP contribution in [0.3, 0.4) is 0 Å². The van der Waals surface area contributed by atoms with Gasteiger partial charge in [-0.05, 0) is 44.2 Å². The van der Waals surface area contributed by atoms with Crippen molar-refractivity contribution in [2.24, 2.45) is 0 Å². The van der Waals surface area contributed by atoms with Crippen LogP contribution in [0.1, 0.15) is 42.5 Å². The molecule has 20 heavy (non-hydrogen) atoms. The Bertz CT molecular complexity index is 431. The number of nitrogens with one attached hydrogen (secondary N) is 2. The van der Waals surface area contributed by atoms with Crippen molar-refractivity contribution in [2.75, 3.05) is 25.5 Å². The molecular formula is C15H23N3O2. The largest absolute Gasteiger partial charge is 0.378 e. The first-order valence-corrected chi connectivity index (χ1v) is 7.34. The number of nitrogens with zero attached hydrogens (tertiary/aromatic N) is 1. The average molecular weight is 277 g/mol. The fraction of sp³-hybridized carbons (Fsp3) is 0.600. The van der Waals surface area contributed by atoms with Crippen LogP contribution >= 0.6 is 0 Å². The van der Waals surface area contributed by atoms with Crippen LogP contribution in [0.15, 0.2) is 18.3 Å². The van der Waals surface area contributed by atoms with Crippen molar-refractivity contribution in [3.63, 3.8) is 0 Å². The minimum atomic E-state index is -0.0698. The summed E-state index contributed by atoms with van der Waals surface area (Å²) < 4.78 is 5.58. The molecule has 0 spiro atoms. The van der Waals surface area contributed by atoms with Gasteiger partial charge >= 0.3 is 0 Å². The van der Waals surface area contributed by atoms with E-state index in [9.17, 15) is 4.79 Å². The van der Waals surface area contributed by atoms with E-state index in [0.717, 1.165) is 25.9 Å². The highest BCUT2D eigenvalue weighted by molar-refractivity contribution is 5.98. The smallest absolute Gasteiger partial charge is 0.255 e. The highest BCUT2D eigenvalue weighted by atomic mass is 16.5. The second-order valence-corrected chi connectivity index (χ2v) is 5.04. The minimum absolute atomic E-state index is 0.0698. The molecule has 0 saturated carbocycles. The van der Waals surface area contributed by atoms with Crippen molar-refractivity contribution in [3.05, 3.63) is 23.9 Å². The SMILES string of the molecule is CNc1ncccc1C(=O)NCCCCC1CCCO1. The van der Waals surface area contributed by atoms with Crippen LogP contribution in [0, 0.1) is 0 Å². The number of hydrogen-bond acceptors (Lipinski definition) is 4. The lowest BCUT2D eigenvalue weighted by Crippen LogP contribution is -2.25. The van der Waals surface area contributed by atoms with Gasteiger partial charge in [0.25, 0.3) is 5.91 Å². The molecule has 1 saturated heterocycles. The van der Waals surface area contributed by atoms with E-state index in [1.54, 1.807) is 25.4 Å². The number of hydrogen-bond donors (Lipinski definition) is 2. The van der Waals surface area contributed by atoms with Gasteiger partial charge in [-0.1, -0.05) is 0 Å². The maximum Gasteiger partial charge on any atom is 0.255 e. The summed E-state index contributed by atoms with van der Waals surface area (Å²) in [7, 11) is 1.76. The maximum atomic E-state index is 12.0. The molecule has 1 atom stereocenters. The van der Waals surface area contributed by atoms with Gasteiger partial charge in [0.1, 0.15) is 5.82 Å². The van der Waals surface area contributed by atoms with Crippen LogP contribution in [0.5, 0.6) is 0 Å². The van der Waals surface area contributed by atoms with Crippen molar-refractivity contribution in [1.82, 2.24) is 10.3 Å². The van der Waals surface area contributed by atoms with Crippen LogP contribution in [-0.2, 0) is 4.74 Å². The van der Waals surface area contributed by atoms with E-state index in [1.807, 2.05) is 0 Å². The van der Waals surface area contributed by atoms with Crippen molar-refractivity contribution in [3.8, 4) is 0 Å². The molecule has 0 bridgehead atoms. The van der Waals surface area contributed by atoms with Gasteiger partial charge in [-0.3, -0.25) is 4.79 Å². The Morgan fingerprint density at radius 1 is 1.50 bits per heavy atom. The number of aromatic nitrogens is 1. The topological polar surface area (TPSA) is 63.2 Å². The summed E-state index contributed by atoms with van der Waals surface area (Å²) in [6, 6.07) is 3.55.